The van der Waals surface area contributed by atoms with E-state index in [0.29, 0.717) is 5.95 Å². The van der Waals surface area contributed by atoms with Gasteiger partial charge in [0.15, 0.2) is 0 Å². The summed E-state index contributed by atoms with van der Waals surface area (Å²) in [6.45, 7) is 1.89. The minimum atomic E-state index is 0.396. The Morgan fingerprint density at radius 1 is 1.80 bits per heavy atom. The van der Waals surface area contributed by atoms with Gasteiger partial charge in [0.2, 0.25) is 12.0 Å². The van der Waals surface area contributed by atoms with Crippen molar-refractivity contribution >= 4 is 12.0 Å². The number of rotatable bonds is 1. The maximum absolute atomic E-state index is 9.79. The van der Waals surface area contributed by atoms with E-state index in [2.05, 4.69) is 9.98 Å². The SMILES string of the molecule is Cc1cnc(N=C=O)n1C. The predicted octanol–water partition coefficient (Wildman–Crippen LogP) is 0.696. The number of aliphatic imine (C=N–C) groups is 1. The van der Waals surface area contributed by atoms with E-state index < -0.39 is 0 Å². The highest BCUT2D eigenvalue weighted by atomic mass is 16.1. The van der Waals surface area contributed by atoms with Crippen molar-refractivity contribution in [3.8, 4) is 0 Å². The second-order valence-electron chi connectivity index (χ2n) is 1.96. The second kappa shape index (κ2) is 2.45. The standard InChI is InChI=1S/C6H7N3O/c1-5-3-7-6(8-4-10)9(5)2/h3H,1-2H3. The highest BCUT2D eigenvalue weighted by Crippen LogP contribution is 2.08. The predicted molar refractivity (Wildman–Crippen MR) is 35.7 cm³/mol. The summed E-state index contributed by atoms with van der Waals surface area (Å²) in [7, 11) is 1.79. The van der Waals surface area contributed by atoms with E-state index in [1.165, 1.54) is 6.08 Å². The molecule has 4 nitrogen and oxygen atoms in total. The van der Waals surface area contributed by atoms with Gasteiger partial charge in [-0.15, -0.1) is 4.99 Å². The molecule has 0 aliphatic rings. The first kappa shape index (κ1) is 6.71. The van der Waals surface area contributed by atoms with Gasteiger partial charge in [0.25, 0.3) is 0 Å². The molecule has 10 heavy (non-hydrogen) atoms. The van der Waals surface area contributed by atoms with Gasteiger partial charge in [-0.1, -0.05) is 0 Å². The Morgan fingerprint density at radius 3 is 2.90 bits per heavy atom. The van der Waals surface area contributed by atoms with Gasteiger partial charge in [-0.25, -0.2) is 9.78 Å². The van der Waals surface area contributed by atoms with Crippen molar-refractivity contribution < 1.29 is 4.79 Å². The summed E-state index contributed by atoms with van der Waals surface area (Å²) in [5, 5.41) is 0. The second-order valence-corrected chi connectivity index (χ2v) is 1.96. The van der Waals surface area contributed by atoms with Gasteiger partial charge in [-0.3, -0.25) is 0 Å². The summed E-state index contributed by atoms with van der Waals surface area (Å²) in [5.74, 6) is 0.396. The lowest BCUT2D eigenvalue weighted by Crippen LogP contribution is -1.88. The Morgan fingerprint density at radius 2 is 2.50 bits per heavy atom. The fourth-order valence-corrected chi connectivity index (χ4v) is 0.627. The molecule has 0 amide bonds. The van der Waals surface area contributed by atoms with Crippen LogP contribution in [0.15, 0.2) is 11.2 Å². The van der Waals surface area contributed by atoms with Crippen molar-refractivity contribution in [2.75, 3.05) is 0 Å². The fourth-order valence-electron chi connectivity index (χ4n) is 0.627. The molecule has 0 N–H and O–H groups in total. The van der Waals surface area contributed by atoms with E-state index in [1.54, 1.807) is 17.8 Å². The molecule has 0 fully saturated rings. The number of aromatic nitrogens is 2. The topological polar surface area (TPSA) is 47.2 Å². The van der Waals surface area contributed by atoms with Crippen LogP contribution < -0.4 is 0 Å². The van der Waals surface area contributed by atoms with E-state index >= 15 is 0 Å². The zero-order chi connectivity index (χ0) is 7.56. The van der Waals surface area contributed by atoms with Crippen LogP contribution in [0.4, 0.5) is 5.95 Å². The van der Waals surface area contributed by atoms with Gasteiger partial charge in [-0.2, -0.15) is 0 Å². The zero-order valence-electron chi connectivity index (χ0n) is 5.83. The Balaban J connectivity index is 3.17. The minimum absolute atomic E-state index is 0.396. The molecular weight excluding hydrogens is 130 g/mol. The summed E-state index contributed by atoms with van der Waals surface area (Å²) in [6.07, 6.45) is 3.08. The third kappa shape index (κ3) is 0.967. The number of hydrogen-bond acceptors (Lipinski definition) is 3. The lowest BCUT2D eigenvalue weighted by Gasteiger charge is -1.92. The molecule has 52 valence electrons. The van der Waals surface area contributed by atoms with Crippen molar-refractivity contribution in [3.05, 3.63) is 11.9 Å². The van der Waals surface area contributed by atoms with Gasteiger partial charge in [0, 0.05) is 12.7 Å². The third-order valence-electron chi connectivity index (χ3n) is 1.34. The number of carbonyl (C=O) groups excluding carboxylic acids is 1. The minimum Gasteiger partial charge on any atom is -0.316 e. The van der Waals surface area contributed by atoms with E-state index in [1.807, 2.05) is 6.92 Å². The van der Waals surface area contributed by atoms with Crippen LogP contribution in [-0.2, 0) is 11.8 Å². The number of hydrogen-bond donors (Lipinski definition) is 0. The molecule has 0 saturated carbocycles. The molecule has 0 aliphatic carbocycles. The van der Waals surface area contributed by atoms with E-state index in [-0.39, 0.29) is 0 Å². The Hall–Kier alpha value is -1.41. The smallest absolute Gasteiger partial charge is 0.243 e. The van der Waals surface area contributed by atoms with Crippen molar-refractivity contribution in [2.24, 2.45) is 12.0 Å². The molecule has 1 aromatic heterocycles. The quantitative estimate of drug-likeness (QED) is 0.422. The van der Waals surface area contributed by atoms with Gasteiger partial charge >= 0.3 is 0 Å². The lowest BCUT2D eigenvalue weighted by molar-refractivity contribution is 0.564. The lowest BCUT2D eigenvalue weighted by atomic mass is 10.5. The Kier molecular flexibility index (Phi) is 1.65. The maximum Gasteiger partial charge on any atom is 0.243 e. The number of imidazole rings is 1. The Labute approximate surface area is 58.2 Å². The molecule has 1 aromatic rings. The average Bonchev–Trinajstić information content (AvgIpc) is 2.20. The molecule has 0 saturated heterocycles. The molecule has 1 rings (SSSR count). The summed E-state index contributed by atoms with van der Waals surface area (Å²) in [5.41, 5.74) is 0.967. The molecule has 0 bridgehead atoms. The molecule has 0 aromatic carbocycles. The first-order chi connectivity index (χ1) is 4.75. The van der Waals surface area contributed by atoms with Crippen LogP contribution >= 0.6 is 0 Å². The van der Waals surface area contributed by atoms with Gasteiger partial charge in [0.1, 0.15) is 0 Å². The summed E-state index contributed by atoms with van der Waals surface area (Å²) in [6, 6.07) is 0. The van der Waals surface area contributed by atoms with Crippen molar-refractivity contribution in [1.29, 1.82) is 0 Å². The zero-order valence-corrected chi connectivity index (χ0v) is 5.83. The summed E-state index contributed by atoms with van der Waals surface area (Å²) >= 11 is 0. The third-order valence-corrected chi connectivity index (χ3v) is 1.34. The highest BCUT2D eigenvalue weighted by molar-refractivity contribution is 5.41. The fraction of sp³-hybridized carbons (Fsp3) is 0.333. The number of isocyanates is 1. The van der Waals surface area contributed by atoms with Gasteiger partial charge in [0.05, 0.1) is 6.20 Å². The van der Waals surface area contributed by atoms with Crippen molar-refractivity contribution in [3.63, 3.8) is 0 Å². The van der Waals surface area contributed by atoms with Crippen molar-refractivity contribution in [1.82, 2.24) is 9.55 Å². The summed E-state index contributed by atoms with van der Waals surface area (Å²) in [4.78, 5) is 17.0. The molecule has 4 heteroatoms. The average molecular weight is 137 g/mol. The Bertz CT molecular complexity index is 283. The van der Waals surface area contributed by atoms with E-state index in [9.17, 15) is 4.79 Å². The monoisotopic (exact) mass is 137 g/mol. The van der Waals surface area contributed by atoms with E-state index in [4.69, 9.17) is 0 Å². The number of aryl methyl sites for hydroxylation is 1. The maximum atomic E-state index is 9.79. The van der Waals surface area contributed by atoms with Crippen LogP contribution in [-0.4, -0.2) is 15.6 Å². The van der Waals surface area contributed by atoms with Crippen LogP contribution in [0.5, 0.6) is 0 Å². The molecular formula is C6H7N3O. The molecule has 0 atom stereocenters. The molecule has 0 radical (unpaired) electrons. The van der Waals surface area contributed by atoms with Crippen molar-refractivity contribution in [2.45, 2.75) is 6.92 Å². The van der Waals surface area contributed by atoms with Crippen LogP contribution in [0.1, 0.15) is 5.69 Å². The molecule has 0 aliphatic heterocycles. The van der Waals surface area contributed by atoms with Crippen LogP contribution in [0.2, 0.25) is 0 Å². The highest BCUT2D eigenvalue weighted by Gasteiger charge is 1.98. The van der Waals surface area contributed by atoms with Crippen LogP contribution in [0.25, 0.3) is 0 Å². The normalized spacial score (nSPS) is 9.00. The van der Waals surface area contributed by atoms with Crippen LogP contribution in [0.3, 0.4) is 0 Å². The largest absolute Gasteiger partial charge is 0.316 e. The molecule has 1 heterocycles. The van der Waals surface area contributed by atoms with E-state index in [0.717, 1.165) is 5.69 Å². The van der Waals surface area contributed by atoms with Crippen LogP contribution in [0, 0.1) is 6.92 Å². The molecule has 0 unspecified atom stereocenters. The van der Waals surface area contributed by atoms with Gasteiger partial charge in [-0.05, 0) is 6.92 Å². The summed E-state index contributed by atoms with van der Waals surface area (Å²) < 4.78 is 1.71. The first-order valence-corrected chi connectivity index (χ1v) is 2.82. The number of nitrogens with zero attached hydrogens (tertiary/aromatic N) is 3. The van der Waals surface area contributed by atoms with Gasteiger partial charge < -0.3 is 4.57 Å². The first-order valence-electron chi connectivity index (χ1n) is 2.82. The molecule has 0 spiro atoms.